The molecule has 0 spiro atoms. The van der Waals surface area contributed by atoms with Crippen LogP contribution >= 0.6 is 15.9 Å². The van der Waals surface area contributed by atoms with Gasteiger partial charge in [0, 0.05) is 10.7 Å². The molecule has 1 heterocycles. The third kappa shape index (κ3) is 3.52. The van der Waals surface area contributed by atoms with E-state index < -0.39 is 17.6 Å². The van der Waals surface area contributed by atoms with Gasteiger partial charge in [-0.05, 0) is 46.3 Å². The van der Waals surface area contributed by atoms with E-state index in [1.165, 1.54) is 18.3 Å². The Bertz CT molecular complexity index is 689. The highest BCUT2D eigenvalue weighted by Gasteiger charge is 2.31. The van der Waals surface area contributed by atoms with E-state index >= 15 is 0 Å². The van der Waals surface area contributed by atoms with Gasteiger partial charge in [-0.3, -0.25) is 4.79 Å². The van der Waals surface area contributed by atoms with Gasteiger partial charge < -0.3 is 11.1 Å². The van der Waals surface area contributed by atoms with Crippen molar-refractivity contribution in [3.05, 3.63) is 52.3 Å². The average molecular weight is 360 g/mol. The second-order valence-corrected chi connectivity index (χ2v) is 4.94. The van der Waals surface area contributed by atoms with Crippen LogP contribution in [0.3, 0.4) is 0 Å². The fourth-order valence-electron chi connectivity index (χ4n) is 1.59. The largest absolute Gasteiger partial charge is 0.416 e. The molecule has 0 bridgehead atoms. The molecule has 0 unspecified atom stereocenters. The van der Waals surface area contributed by atoms with E-state index in [-0.39, 0.29) is 17.1 Å². The number of pyridine rings is 1. The molecule has 0 saturated carbocycles. The minimum atomic E-state index is -4.50. The number of nitrogens with one attached hydrogen (secondary N) is 1. The Labute approximate surface area is 126 Å². The van der Waals surface area contributed by atoms with Gasteiger partial charge in [0.25, 0.3) is 5.91 Å². The first-order valence-corrected chi connectivity index (χ1v) is 6.47. The molecular weight excluding hydrogens is 351 g/mol. The normalized spacial score (nSPS) is 11.2. The lowest BCUT2D eigenvalue weighted by Crippen LogP contribution is -2.16. The molecule has 1 aromatic carbocycles. The van der Waals surface area contributed by atoms with Crippen LogP contribution in [0.2, 0.25) is 0 Å². The van der Waals surface area contributed by atoms with Crippen LogP contribution in [0, 0.1) is 0 Å². The molecule has 21 heavy (non-hydrogen) atoms. The van der Waals surface area contributed by atoms with Gasteiger partial charge in [-0.1, -0.05) is 0 Å². The lowest BCUT2D eigenvalue weighted by molar-refractivity contribution is -0.137. The molecule has 3 N–H and O–H groups in total. The number of rotatable bonds is 2. The van der Waals surface area contributed by atoms with E-state index in [0.29, 0.717) is 4.47 Å². The molecule has 0 aliphatic rings. The first-order chi connectivity index (χ1) is 9.79. The minimum Gasteiger partial charge on any atom is -0.397 e. The summed E-state index contributed by atoms with van der Waals surface area (Å²) in [6.45, 7) is 0. The topological polar surface area (TPSA) is 68.0 Å². The second-order valence-electron chi connectivity index (χ2n) is 4.09. The van der Waals surface area contributed by atoms with Crippen molar-refractivity contribution in [1.29, 1.82) is 0 Å². The molecule has 0 radical (unpaired) electrons. The summed E-state index contributed by atoms with van der Waals surface area (Å²) >= 11 is 3.08. The predicted octanol–water partition coefficient (Wildman–Crippen LogP) is 3.70. The van der Waals surface area contributed by atoms with Gasteiger partial charge >= 0.3 is 6.18 Å². The van der Waals surface area contributed by atoms with Crippen molar-refractivity contribution in [2.24, 2.45) is 0 Å². The van der Waals surface area contributed by atoms with Crippen molar-refractivity contribution in [3.63, 3.8) is 0 Å². The Morgan fingerprint density at radius 3 is 2.62 bits per heavy atom. The summed E-state index contributed by atoms with van der Waals surface area (Å²) in [6.07, 6.45) is -3.13. The number of aromatic nitrogens is 1. The molecule has 0 saturated heterocycles. The maximum Gasteiger partial charge on any atom is 0.416 e. The van der Waals surface area contributed by atoms with Gasteiger partial charge in [-0.15, -0.1) is 0 Å². The number of nitrogens with two attached hydrogens (primary N) is 1. The van der Waals surface area contributed by atoms with Gasteiger partial charge in [-0.25, -0.2) is 4.98 Å². The number of nitrogens with zero attached hydrogens (tertiary/aromatic N) is 1. The van der Waals surface area contributed by atoms with Crippen LogP contribution in [0.4, 0.5) is 24.5 Å². The maximum absolute atomic E-state index is 12.7. The van der Waals surface area contributed by atoms with E-state index in [9.17, 15) is 18.0 Å². The fourth-order valence-corrected chi connectivity index (χ4v) is 1.93. The third-order valence-corrected chi connectivity index (χ3v) is 3.29. The summed E-state index contributed by atoms with van der Waals surface area (Å²) in [5.41, 5.74) is 4.80. The third-order valence-electron chi connectivity index (χ3n) is 2.60. The lowest BCUT2D eigenvalue weighted by Gasteiger charge is -2.12. The van der Waals surface area contributed by atoms with Crippen molar-refractivity contribution >= 4 is 33.2 Å². The highest BCUT2D eigenvalue weighted by Crippen LogP contribution is 2.34. The van der Waals surface area contributed by atoms with Crippen molar-refractivity contribution in [1.82, 2.24) is 4.98 Å². The first-order valence-electron chi connectivity index (χ1n) is 5.67. The summed E-state index contributed by atoms with van der Waals surface area (Å²) in [6, 6.07) is 5.98. The molecule has 0 aliphatic heterocycles. The second kappa shape index (κ2) is 5.72. The molecule has 1 aromatic heterocycles. The van der Waals surface area contributed by atoms with Gasteiger partial charge in [-0.2, -0.15) is 13.2 Å². The van der Waals surface area contributed by atoms with Crippen molar-refractivity contribution in [2.75, 3.05) is 11.1 Å². The van der Waals surface area contributed by atoms with Crippen LogP contribution in [-0.4, -0.2) is 10.9 Å². The molecule has 110 valence electrons. The van der Waals surface area contributed by atoms with Gasteiger partial charge in [0.1, 0.15) is 0 Å². The zero-order valence-electron chi connectivity index (χ0n) is 10.4. The number of halogens is 4. The lowest BCUT2D eigenvalue weighted by atomic mass is 10.2. The van der Waals surface area contributed by atoms with E-state index in [2.05, 4.69) is 26.2 Å². The molecule has 4 nitrogen and oxygen atoms in total. The number of benzene rings is 1. The van der Waals surface area contributed by atoms with Crippen LogP contribution < -0.4 is 11.1 Å². The SMILES string of the molecule is Nc1cccnc1C(=O)Nc1cc(C(F)(F)F)ccc1Br. The van der Waals surface area contributed by atoms with Crippen LogP contribution in [0.5, 0.6) is 0 Å². The summed E-state index contributed by atoms with van der Waals surface area (Å²) in [7, 11) is 0. The van der Waals surface area contributed by atoms with Crippen LogP contribution in [0.15, 0.2) is 41.0 Å². The quantitative estimate of drug-likeness (QED) is 0.858. The first kappa shape index (κ1) is 15.3. The molecule has 0 aliphatic carbocycles. The Hall–Kier alpha value is -2.09. The van der Waals surface area contributed by atoms with Crippen molar-refractivity contribution < 1.29 is 18.0 Å². The van der Waals surface area contributed by atoms with Crippen molar-refractivity contribution in [2.45, 2.75) is 6.18 Å². The summed E-state index contributed by atoms with van der Waals surface area (Å²) < 4.78 is 38.3. The number of hydrogen-bond donors (Lipinski definition) is 2. The van der Waals surface area contributed by atoms with Crippen LogP contribution in [0.25, 0.3) is 0 Å². The van der Waals surface area contributed by atoms with Gasteiger partial charge in [0.15, 0.2) is 5.69 Å². The number of alkyl halides is 3. The fraction of sp³-hybridized carbons (Fsp3) is 0.0769. The zero-order valence-corrected chi connectivity index (χ0v) is 12.0. The molecule has 0 atom stereocenters. The zero-order chi connectivity index (χ0) is 15.6. The van der Waals surface area contributed by atoms with E-state index in [0.717, 1.165) is 12.1 Å². The molecule has 8 heteroatoms. The van der Waals surface area contributed by atoms with E-state index in [1.807, 2.05) is 0 Å². The molecule has 1 amide bonds. The number of hydrogen-bond acceptors (Lipinski definition) is 3. The highest BCUT2D eigenvalue weighted by atomic mass is 79.9. The Kier molecular flexibility index (Phi) is 4.17. The van der Waals surface area contributed by atoms with Crippen molar-refractivity contribution in [3.8, 4) is 0 Å². The predicted molar refractivity (Wildman–Crippen MR) is 75.7 cm³/mol. The summed E-state index contributed by atoms with van der Waals surface area (Å²) in [5, 5.41) is 2.35. The van der Waals surface area contributed by atoms with E-state index in [1.54, 1.807) is 6.07 Å². The van der Waals surface area contributed by atoms with Gasteiger partial charge in [0.2, 0.25) is 0 Å². The summed E-state index contributed by atoms with van der Waals surface area (Å²) in [4.78, 5) is 15.8. The number of nitrogen functional groups attached to an aromatic ring is 1. The molecule has 2 aromatic rings. The highest BCUT2D eigenvalue weighted by molar-refractivity contribution is 9.10. The molecule has 0 fully saturated rings. The number of amides is 1. The average Bonchev–Trinajstić information content (AvgIpc) is 2.40. The van der Waals surface area contributed by atoms with E-state index in [4.69, 9.17) is 5.73 Å². The maximum atomic E-state index is 12.7. The number of anilines is 2. The molecular formula is C13H9BrF3N3O. The number of carbonyl (C=O) groups excluding carboxylic acids is 1. The smallest absolute Gasteiger partial charge is 0.397 e. The van der Waals surface area contributed by atoms with Gasteiger partial charge in [0.05, 0.1) is 16.9 Å². The van der Waals surface area contributed by atoms with Crippen LogP contribution in [-0.2, 0) is 6.18 Å². The van der Waals surface area contributed by atoms with Crippen LogP contribution in [0.1, 0.15) is 16.1 Å². The molecule has 2 rings (SSSR count). The Morgan fingerprint density at radius 1 is 1.29 bits per heavy atom. The summed E-state index contributed by atoms with van der Waals surface area (Å²) in [5.74, 6) is -0.687. The number of carbonyl (C=O) groups is 1. The minimum absolute atomic E-state index is 0.0140. The monoisotopic (exact) mass is 359 g/mol. The standard InChI is InChI=1S/C13H9BrF3N3O/c14-8-4-3-7(13(15,16)17)6-10(8)20-12(21)11-9(18)2-1-5-19-11/h1-6H,18H2,(H,20,21). The Balaban J connectivity index is 2.31. The Morgan fingerprint density at radius 2 is 2.00 bits per heavy atom.